The molecule has 6 aromatic rings. The van der Waals surface area contributed by atoms with Crippen molar-refractivity contribution in [2.45, 2.75) is 70.6 Å². The fourth-order valence-corrected chi connectivity index (χ4v) is 16.5. The first-order chi connectivity index (χ1) is 30.1. The van der Waals surface area contributed by atoms with E-state index in [0.717, 1.165) is 97.0 Å². The lowest BCUT2D eigenvalue weighted by Gasteiger charge is -2.57. The first-order valence-electron chi connectivity index (χ1n) is 22.6. The van der Waals surface area contributed by atoms with Gasteiger partial charge in [0.2, 0.25) is 0 Å². The van der Waals surface area contributed by atoms with Gasteiger partial charge in [-0.25, -0.2) is 30.0 Å². The fraction of sp³-hybridized carbons (Fsp3) is 0.360. The van der Waals surface area contributed by atoms with Crippen molar-refractivity contribution in [1.29, 1.82) is 0 Å². The van der Waals surface area contributed by atoms with Gasteiger partial charge in [0, 0.05) is 57.0 Å². The monoisotopic (exact) mass is 818 g/mol. The summed E-state index contributed by atoms with van der Waals surface area (Å²) in [6, 6.07) is 33.8. The number of rotatable bonds is 6. The minimum Gasteiger partial charge on any atom is -0.361 e. The van der Waals surface area contributed by atoms with Crippen molar-refractivity contribution in [3.05, 3.63) is 130 Å². The minimum atomic E-state index is -4.12. The molecule has 0 N–H and O–H groups in total. The molecule has 15 rings (SSSR count). The van der Waals surface area contributed by atoms with Gasteiger partial charge in [0.05, 0.1) is 0 Å². The van der Waals surface area contributed by atoms with Gasteiger partial charge in [-0.05, 0) is 80.5 Å². The van der Waals surface area contributed by atoms with E-state index in [9.17, 15) is 0 Å². The van der Waals surface area contributed by atoms with E-state index in [1.165, 1.54) is 57.8 Å². The molecule has 0 saturated heterocycles. The Morgan fingerprint density at radius 2 is 0.934 bits per heavy atom. The van der Waals surface area contributed by atoms with Crippen molar-refractivity contribution in [2.24, 2.45) is 59.0 Å². The summed E-state index contributed by atoms with van der Waals surface area (Å²) in [6.45, 7) is 1.16. The molecule has 5 saturated carbocycles. The number of aromatic nitrogens is 2. The number of fused-ring (bicyclic) bond motifs is 14. The van der Waals surface area contributed by atoms with Crippen LogP contribution in [0.1, 0.15) is 92.9 Å². The second-order valence-corrected chi connectivity index (χ2v) is 21.8. The van der Waals surface area contributed by atoms with Crippen LogP contribution in [0.3, 0.4) is 0 Å². The molecule has 11 heteroatoms. The van der Waals surface area contributed by atoms with Crippen LogP contribution in [0, 0.1) is 29.1 Å². The van der Waals surface area contributed by atoms with E-state index in [0.29, 0.717) is 42.5 Å². The first-order valence-corrected chi connectivity index (χ1v) is 24.3. The van der Waals surface area contributed by atoms with Crippen LogP contribution in [-0.2, 0) is 8.85 Å². The van der Waals surface area contributed by atoms with Gasteiger partial charge in [-0.1, -0.05) is 116 Å². The molecule has 0 radical (unpaired) electrons. The molecule has 0 amide bonds. The van der Waals surface area contributed by atoms with Crippen molar-refractivity contribution < 1.29 is 8.85 Å². The van der Waals surface area contributed by atoms with E-state index in [4.69, 9.17) is 38.8 Å². The van der Waals surface area contributed by atoms with Crippen LogP contribution in [0.5, 0.6) is 0 Å². The lowest BCUT2D eigenvalue weighted by Crippen LogP contribution is -2.65. The predicted molar refractivity (Wildman–Crippen MR) is 240 cm³/mol. The molecule has 1 atom stereocenters. The van der Waals surface area contributed by atoms with Gasteiger partial charge in [0.15, 0.2) is 23.3 Å². The molecule has 9 aliphatic rings. The lowest BCUT2D eigenvalue weighted by molar-refractivity contribution is -0.0829. The highest BCUT2D eigenvalue weighted by atomic mass is 28.4. The summed E-state index contributed by atoms with van der Waals surface area (Å²) in [5.41, 5.74) is 5.36. The highest BCUT2D eigenvalue weighted by Crippen LogP contribution is 2.60. The van der Waals surface area contributed by atoms with E-state index < -0.39 is 8.88 Å². The molecule has 4 aliphatic heterocycles. The average Bonchev–Trinajstić information content (AvgIpc) is 4.00. The van der Waals surface area contributed by atoms with Crippen LogP contribution >= 0.6 is 0 Å². The fourth-order valence-electron chi connectivity index (χ4n) is 13.0. The standard InChI is InChI=1S/C50H46N8O2Si/c1-2-12-30(13-3-1)28-59-61(60-29-50-25-31-22-32(26-50)24-33(23-31)27-50)57-46-38-18-8-9-19-39(38)48(57)55-44-36-16-6-7-17-37(36)45(52-44)56-49-41-21-11-10-20-40(41)47(58(49)61)54-43-35-15-5-4-14-34(35)42(51-43)53-46/h4-11,14-21,30-33H,1-3,12-13,22-29H2. The predicted octanol–water partition coefficient (Wildman–Crippen LogP) is 9.20. The third-order valence-electron chi connectivity index (χ3n) is 15.3. The average molecular weight is 819 g/mol. The molecule has 0 spiro atoms. The summed E-state index contributed by atoms with van der Waals surface area (Å²) in [5.74, 6) is 6.69. The Hall–Kier alpha value is -5.62. The topological polar surface area (TPSA) is 102 Å². The summed E-state index contributed by atoms with van der Waals surface area (Å²) < 4.78 is 20.8. The minimum absolute atomic E-state index is 0.0832. The number of nitrogens with zero attached hydrogens (tertiary/aromatic N) is 8. The Labute approximate surface area is 354 Å². The summed E-state index contributed by atoms with van der Waals surface area (Å²) >= 11 is 0. The van der Waals surface area contributed by atoms with E-state index in [1.54, 1.807) is 0 Å². The van der Waals surface area contributed by atoms with Crippen LogP contribution in [0.25, 0.3) is 21.5 Å². The molecule has 5 fully saturated rings. The Bertz CT molecular complexity index is 2950. The zero-order chi connectivity index (χ0) is 39.9. The molecule has 1 unspecified atom stereocenters. The van der Waals surface area contributed by atoms with Crippen LogP contribution in [-0.4, -0.2) is 53.9 Å². The molecule has 61 heavy (non-hydrogen) atoms. The molecule has 4 aromatic carbocycles. The SMILES string of the molecule is c1ccc2c(c1)C1=NC2=Nc2c3ccccc3c3n2[Si](OCC2CCCCC2)(OCC24CC5CC(CC(C5)C2)C4)n2c(c4ccccc4c2=NC2=NC(=N3)c3ccccc32)=N1. The second kappa shape index (κ2) is 12.9. The molecule has 302 valence electrons. The summed E-state index contributed by atoms with van der Waals surface area (Å²) in [6.07, 6.45) is 13.7. The Morgan fingerprint density at radius 3 is 1.43 bits per heavy atom. The van der Waals surface area contributed by atoms with Crippen molar-refractivity contribution in [1.82, 2.24) is 8.47 Å². The van der Waals surface area contributed by atoms with Crippen LogP contribution in [0.2, 0.25) is 0 Å². The van der Waals surface area contributed by atoms with Gasteiger partial charge in [-0.2, -0.15) is 0 Å². The van der Waals surface area contributed by atoms with Gasteiger partial charge in [-0.15, -0.1) is 0 Å². The largest absolute Gasteiger partial charge is 0.603 e. The Morgan fingerprint density at radius 1 is 0.492 bits per heavy atom. The van der Waals surface area contributed by atoms with Gasteiger partial charge in [0.1, 0.15) is 22.6 Å². The number of aliphatic imine (C=N–C) groups is 4. The van der Waals surface area contributed by atoms with E-state index >= 15 is 0 Å². The van der Waals surface area contributed by atoms with Crippen LogP contribution < -0.4 is 11.0 Å². The van der Waals surface area contributed by atoms with Crippen molar-refractivity contribution in [3.63, 3.8) is 0 Å². The Balaban J connectivity index is 1.16. The van der Waals surface area contributed by atoms with Crippen LogP contribution in [0.15, 0.2) is 127 Å². The van der Waals surface area contributed by atoms with E-state index in [2.05, 4.69) is 106 Å². The zero-order valence-electron chi connectivity index (χ0n) is 34.1. The normalized spacial score (nSPS) is 27.8. The van der Waals surface area contributed by atoms with Crippen molar-refractivity contribution in [2.75, 3.05) is 13.2 Å². The Kier molecular flexibility index (Phi) is 7.43. The maximum atomic E-state index is 8.18. The molecular formula is C50H46N8O2Si. The summed E-state index contributed by atoms with van der Waals surface area (Å²) in [7, 11) is -4.12. The lowest BCUT2D eigenvalue weighted by atomic mass is 9.50. The molecule has 6 heterocycles. The summed E-state index contributed by atoms with van der Waals surface area (Å²) in [4.78, 5) is 33.2. The molecule has 5 aliphatic carbocycles. The smallest absolute Gasteiger partial charge is 0.361 e. The number of amidine groups is 4. The van der Waals surface area contributed by atoms with Gasteiger partial charge in [0.25, 0.3) is 0 Å². The summed E-state index contributed by atoms with van der Waals surface area (Å²) in [5, 5.41) is 3.87. The van der Waals surface area contributed by atoms with E-state index in [1.807, 2.05) is 0 Å². The maximum Gasteiger partial charge on any atom is 0.603 e. The van der Waals surface area contributed by atoms with Gasteiger partial charge >= 0.3 is 8.88 Å². The third kappa shape index (κ3) is 5.14. The quantitative estimate of drug-likeness (QED) is 0.157. The maximum absolute atomic E-state index is 8.18. The van der Waals surface area contributed by atoms with Crippen molar-refractivity contribution >= 4 is 65.4 Å². The zero-order valence-corrected chi connectivity index (χ0v) is 35.1. The second-order valence-electron chi connectivity index (χ2n) is 19.2. The third-order valence-corrected chi connectivity index (χ3v) is 18.3. The number of hydrogen-bond donors (Lipinski definition) is 0. The number of benzene rings is 4. The molecular weight excluding hydrogens is 773 g/mol. The number of hydrogen-bond acceptors (Lipinski definition) is 8. The van der Waals surface area contributed by atoms with E-state index in [-0.39, 0.29) is 5.41 Å². The highest BCUT2D eigenvalue weighted by Gasteiger charge is 2.57. The van der Waals surface area contributed by atoms with Crippen molar-refractivity contribution in [3.8, 4) is 0 Å². The highest BCUT2D eigenvalue weighted by molar-refractivity contribution is 6.66. The van der Waals surface area contributed by atoms with Gasteiger partial charge < -0.3 is 8.85 Å². The first kappa shape index (κ1) is 35.0. The van der Waals surface area contributed by atoms with Gasteiger partial charge in [-0.3, -0.25) is 8.47 Å². The van der Waals surface area contributed by atoms with Crippen LogP contribution in [0.4, 0.5) is 11.6 Å². The molecule has 10 nitrogen and oxygen atoms in total. The molecule has 10 bridgehead atoms. The molecule has 2 aromatic heterocycles.